The summed E-state index contributed by atoms with van der Waals surface area (Å²) in [5.74, 6) is -0.593. The number of aliphatic carboxylic acids is 1. The highest BCUT2D eigenvalue weighted by molar-refractivity contribution is 5.78. The van der Waals surface area contributed by atoms with E-state index in [-0.39, 0.29) is 23.7 Å². The number of amides is 1. The zero-order valence-electron chi connectivity index (χ0n) is 10.8. The van der Waals surface area contributed by atoms with Crippen molar-refractivity contribution in [2.24, 2.45) is 11.3 Å². The fourth-order valence-electron chi connectivity index (χ4n) is 2.52. The van der Waals surface area contributed by atoms with Gasteiger partial charge >= 0.3 is 5.97 Å². The molecule has 1 unspecified atom stereocenters. The van der Waals surface area contributed by atoms with Gasteiger partial charge in [-0.1, -0.05) is 20.3 Å². The monoisotopic (exact) mass is 241 g/mol. The SMILES string of the molecule is CC1(C)CCCC(C(=O)NCCCC(=O)O)C1. The Balaban J connectivity index is 2.25. The van der Waals surface area contributed by atoms with Crippen LogP contribution in [0, 0.1) is 11.3 Å². The molecule has 0 heterocycles. The van der Waals surface area contributed by atoms with E-state index in [9.17, 15) is 9.59 Å². The van der Waals surface area contributed by atoms with Crippen molar-refractivity contribution in [3.8, 4) is 0 Å². The molecule has 0 aliphatic heterocycles. The van der Waals surface area contributed by atoms with E-state index in [2.05, 4.69) is 19.2 Å². The Morgan fingerprint density at radius 1 is 1.41 bits per heavy atom. The van der Waals surface area contributed by atoms with Crippen LogP contribution in [0.4, 0.5) is 0 Å². The third-order valence-corrected chi connectivity index (χ3v) is 3.44. The van der Waals surface area contributed by atoms with Gasteiger partial charge in [0.2, 0.25) is 5.91 Å². The number of carbonyl (C=O) groups is 2. The van der Waals surface area contributed by atoms with Crippen molar-refractivity contribution in [1.29, 1.82) is 0 Å². The van der Waals surface area contributed by atoms with Gasteiger partial charge in [-0.3, -0.25) is 9.59 Å². The van der Waals surface area contributed by atoms with Crippen LogP contribution in [0.15, 0.2) is 0 Å². The fraction of sp³-hybridized carbons (Fsp3) is 0.846. The average Bonchev–Trinajstić information content (AvgIpc) is 2.22. The summed E-state index contributed by atoms with van der Waals surface area (Å²) in [4.78, 5) is 22.2. The predicted molar refractivity (Wildman–Crippen MR) is 65.6 cm³/mol. The lowest BCUT2D eigenvalue weighted by atomic mass is 9.72. The smallest absolute Gasteiger partial charge is 0.303 e. The first-order valence-corrected chi connectivity index (χ1v) is 6.40. The largest absolute Gasteiger partial charge is 0.481 e. The molecular weight excluding hydrogens is 218 g/mol. The topological polar surface area (TPSA) is 66.4 Å². The van der Waals surface area contributed by atoms with Crippen molar-refractivity contribution in [2.75, 3.05) is 6.54 Å². The molecule has 98 valence electrons. The molecule has 0 aromatic rings. The van der Waals surface area contributed by atoms with Crippen molar-refractivity contribution in [3.63, 3.8) is 0 Å². The summed E-state index contributed by atoms with van der Waals surface area (Å²) in [6, 6.07) is 0. The van der Waals surface area contributed by atoms with Gasteiger partial charge in [-0.2, -0.15) is 0 Å². The van der Waals surface area contributed by atoms with Crippen molar-refractivity contribution in [1.82, 2.24) is 5.32 Å². The summed E-state index contributed by atoms with van der Waals surface area (Å²) in [5.41, 5.74) is 0.265. The molecule has 0 saturated heterocycles. The van der Waals surface area contributed by atoms with Gasteiger partial charge in [-0.15, -0.1) is 0 Å². The normalized spacial score (nSPS) is 23.1. The highest BCUT2D eigenvalue weighted by Crippen LogP contribution is 2.38. The Hall–Kier alpha value is -1.06. The van der Waals surface area contributed by atoms with Crippen LogP contribution in [0.1, 0.15) is 52.4 Å². The molecule has 1 amide bonds. The fourth-order valence-corrected chi connectivity index (χ4v) is 2.52. The Bertz CT molecular complexity index is 286. The highest BCUT2D eigenvalue weighted by Gasteiger charge is 2.31. The zero-order chi connectivity index (χ0) is 12.9. The van der Waals surface area contributed by atoms with Crippen molar-refractivity contribution in [3.05, 3.63) is 0 Å². The van der Waals surface area contributed by atoms with Gasteiger partial charge in [0.1, 0.15) is 0 Å². The van der Waals surface area contributed by atoms with Crippen LogP contribution in [-0.4, -0.2) is 23.5 Å². The second-order valence-corrected chi connectivity index (χ2v) is 5.75. The van der Waals surface area contributed by atoms with E-state index in [4.69, 9.17) is 5.11 Å². The second-order valence-electron chi connectivity index (χ2n) is 5.75. The van der Waals surface area contributed by atoms with Crippen LogP contribution in [0.3, 0.4) is 0 Å². The van der Waals surface area contributed by atoms with E-state index in [0.717, 1.165) is 19.3 Å². The third-order valence-electron chi connectivity index (χ3n) is 3.44. The van der Waals surface area contributed by atoms with Crippen LogP contribution >= 0.6 is 0 Å². The first-order chi connectivity index (χ1) is 7.91. The number of rotatable bonds is 5. The average molecular weight is 241 g/mol. The van der Waals surface area contributed by atoms with Gasteiger partial charge in [-0.25, -0.2) is 0 Å². The van der Waals surface area contributed by atoms with E-state index >= 15 is 0 Å². The van der Waals surface area contributed by atoms with Crippen LogP contribution in [0.25, 0.3) is 0 Å². The van der Waals surface area contributed by atoms with Crippen LogP contribution in [-0.2, 0) is 9.59 Å². The first-order valence-electron chi connectivity index (χ1n) is 6.40. The Labute approximate surface area is 103 Å². The minimum Gasteiger partial charge on any atom is -0.481 e. The van der Waals surface area contributed by atoms with Gasteiger partial charge in [0.15, 0.2) is 0 Å². The zero-order valence-corrected chi connectivity index (χ0v) is 10.8. The van der Waals surface area contributed by atoms with Crippen LogP contribution in [0.2, 0.25) is 0 Å². The summed E-state index contributed by atoms with van der Waals surface area (Å²) < 4.78 is 0. The number of carboxylic acids is 1. The van der Waals surface area contributed by atoms with E-state index in [1.165, 1.54) is 6.42 Å². The van der Waals surface area contributed by atoms with Crippen LogP contribution in [0.5, 0.6) is 0 Å². The maximum absolute atomic E-state index is 11.9. The molecule has 1 rings (SSSR count). The molecule has 1 aliphatic rings. The molecule has 0 bridgehead atoms. The molecule has 1 fully saturated rings. The lowest BCUT2D eigenvalue weighted by molar-refractivity contribution is -0.137. The van der Waals surface area contributed by atoms with Gasteiger partial charge < -0.3 is 10.4 Å². The molecule has 1 aliphatic carbocycles. The van der Waals surface area contributed by atoms with Crippen molar-refractivity contribution < 1.29 is 14.7 Å². The summed E-state index contributed by atoms with van der Waals surface area (Å²) in [6.07, 6.45) is 4.84. The summed E-state index contributed by atoms with van der Waals surface area (Å²) in [7, 11) is 0. The Morgan fingerprint density at radius 3 is 2.71 bits per heavy atom. The van der Waals surface area contributed by atoms with E-state index in [1.807, 2.05) is 0 Å². The van der Waals surface area contributed by atoms with E-state index in [1.54, 1.807) is 0 Å². The lowest BCUT2D eigenvalue weighted by Gasteiger charge is -2.34. The van der Waals surface area contributed by atoms with E-state index < -0.39 is 5.97 Å². The van der Waals surface area contributed by atoms with Gasteiger partial charge in [0.25, 0.3) is 0 Å². The van der Waals surface area contributed by atoms with E-state index in [0.29, 0.717) is 13.0 Å². The number of carbonyl (C=O) groups excluding carboxylic acids is 1. The Morgan fingerprint density at radius 2 is 2.12 bits per heavy atom. The molecule has 17 heavy (non-hydrogen) atoms. The maximum Gasteiger partial charge on any atom is 0.303 e. The second kappa shape index (κ2) is 6.03. The standard InChI is InChI=1S/C13H23NO3/c1-13(2)7-3-5-10(9-13)12(17)14-8-4-6-11(15)16/h10H,3-9H2,1-2H3,(H,14,17)(H,15,16). The molecule has 4 heteroatoms. The molecule has 0 spiro atoms. The summed E-state index contributed by atoms with van der Waals surface area (Å²) >= 11 is 0. The summed E-state index contributed by atoms with van der Waals surface area (Å²) in [5, 5.41) is 11.3. The van der Waals surface area contributed by atoms with Crippen LogP contribution < -0.4 is 5.32 Å². The number of carboxylic acid groups (broad SMARTS) is 1. The third kappa shape index (κ3) is 5.20. The quantitative estimate of drug-likeness (QED) is 0.725. The minimum absolute atomic E-state index is 0.100. The van der Waals surface area contributed by atoms with Crippen molar-refractivity contribution >= 4 is 11.9 Å². The molecule has 0 aromatic carbocycles. The number of hydrogen-bond acceptors (Lipinski definition) is 2. The molecule has 1 atom stereocenters. The lowest BCUT2D eigenvalue weighted by Crippen LogP contribution is -2.36. The summed E-state index contributed by atoms with van der Waals surface area (Å²) in [6.45, 7) is 4.88. The maximum atomic E-state index is 11.9. The number of nitrogens with one attached hydrogen (secondary N) is 1. The molecule has 0 aromatic heterocycles. The molecule has 0 radical (unpaired) electrons. The minimum atomic E-state index is -0.807. The molecule has 1 saturated carbocycles. The van der Waals surface area contributed by atoms with Crippen molar-refractivity contribution in [2.45, 2.75) is 52.4 Å². The highest BCUT2D eigenvalue weighted by atomic mass is 16.4. The first kappa shape index (κ1) is 14.0. The Kier molecular flexibility index (Phi) is 4.97. The molecule has 4 nitrogen and oxygen atoms in total. The number of hydrogen-bond donors (Lipinski definition) is 2. The molecule has 2 N–H and O–H groups in total. The van der Waals surface area contributed by atoms with Gasteiger partial charge in [0.05, 0.1) is 0 Å². The predicted octanol–water partition coefficient (Wildman–Crippen LogP) is 2.18. The van der Waals surface area contributed by atoms with Gasteiger partial charge in [0, 0.05) is 18.9 Å². The molecular formula is C13H23NO3. The van der Waals surface area contributed by atoms with Gasteiger partial charge in [-0.05, 0) is 31.1 Å².